The molecule has 0 radical (unpaired) electrons. The van der Waals surface area contributed by atoms with Gasteiger partial charge in [-0.05, 0) is 18.4 Å². The molecule has 104 valence electrons. The van der Waals surface area contributed by atoms with Gasteiger partial charge in [0.15, 0.2) is 5.96 Å². The Kier molecular flexibility index (Phi) is 5.01. The van der Waals surface area contributed by atoms with Crippen molar-refractivity contribution in [2.45, 2.75) is 44.7 Å². The maximum Gasteiger partial charge on any atom is 0.212 e. The molecule has 3 N–H and O–H groups in total. The lowest BCUT2D eigenvalue weighted by molar-refractivity contribution is 0.397. The first kappa shape index (κ1) is 13.6. The Hall–Kier alpha value is -1.78. The second kappa shape index (κ2) is 6.97. The molecule has 0 unspecified atom stereocenters. The summed E-state index contributed by atoms with van der Waals surface area (Å²) in [6, 6.07) is 4.27. The van der Waals surface area contributed by atoms with Crippen molar-refractivity contribution in [1.29, 1.82) is 0 Å². The Morgan fingerprint density at radius 3 is 2.84 bits per heavy atom. The highest BCUT2D eigenvalue weighted by molar-refractivity contribution is 5.78. The number of methoxy groups -OCH3 is 1. The quantitative estimate of drug-likeness (QED) is 0.641. The van der Waals surface area contributed by atoms with Crippen molar-refractivity contribution in [2.24, 2.45) is 10.7 Å². The van der Waals surface area contributed by atoms with E-state index in [-0.39, 0.29) is 0 Å². The highest BCUT2D eigenvalue weighted by atomic mass is 16.5. The average molecular weight is 262 g/mol. The predicted octanol–water partition coefficient (Wildman–Crippen LogP) is 1.83. The Balaban J connectivity index is 1.82. The number of pyridine rings is 1. The van der Waals surface area contributed by atoms with E-state index < -0.39 is 0 Å². The third-order valence-corrected chi connectivity index (χ3v) is 3.40. The van der Waals surface area contributed by atoms with Gasteiger partial charge in [-0.25, -0.2) is 9.98 Å². The van der Waals surface area contributed by atoms with Crippen molar-refractivity contribution in [3.05, 3.63) is 23.9 Å². The third-order valence-electron chi connectivity index (χ3n) is 3.40. The second-order valence-electron chi connectivity index (χ2n) is 4.89. The van der Waals surface area contributed by atoms with E-state index in [9.17, 15) is 0 Å². The van der Waals surface area contributed by atoms with Crippen LogP contribution in [0.5, 0.6) is 5.88 Å². The van der Waals surface area contributed by atoms with Gasteiger partial charge >= 0.3 is 0 Å². The number of hydrogen-bond donors (Lipinski definition) is 2. The van der Waals surface area contributed by atoms with Gasteiger partial charge in [0, 0.05) is 18.3 Å². The fourth-order valence-electron chi connectivity index (χ4n) is 2.30. The molecule has 0 saturated heterocycles. The third kappa shape index (κ3) is 4.43. The summed E-state index contributed by atoms with van der Waals surface area (Å²) in [5.41, 5.74) is 6.92. The van der Waals surface area contributed by atoms with Gasteiger partial charge in [-0.1, -0.05) is 25.3 Å². The number of nitrogens with zero attached hydrogens (tertiary/aromatic N) is 2. The lowest BCUT2D eigenvalue weighted by Gasteiger charge is -2.23. The molecular weight excluding hydrogens is 240 g/mol. The molecule has 19 heavy (non-hydrogen) atoms. The summed E-state index contributed by atoms with van der Waals surface area (Å²) in [6.07, 6.45) is 8.06. The molecule has 1 aromatic rings. The van der Waals surface area contributed by atoms with Crippen LogP contribution in [0.3, 0.4) is 0 Å². The van der Waals surface area contributed by atoms with Gasteiger partial charge in [0.2, 0.25) is 5.88 Å². The summed E-state index contributed by atoms with van der Waals surface area (Å²) >= 11 is 0. The van der Waals surface area contributed by atoms with Gasteiger partial charge in [-0.15, -0.1) is 0 Å². The average Bonchev–Trinajstić information content (AvgIpc) is 2.47. The summed E-state index contributed by atoms with van der Waals surface area (Å²) in [5, 5.41) is 3.29. The van der Waals surface area contributed by atoms with Crippen LogP contribution in [0.25, 0.3) is 0 Å². The number of ether oxygens (including phenoxy) is 1. The van der Waals surface area contributed by atoms with Crippen LogP contribution in [0.15, 0.2) is 23.3 Å². The minimum atomic E-state index is 0.492. The molecule has 5 nitrogen and oxygen atoms in total. The van der Waals surface area contributed by atoms with Gasteiger partial charge in [0.25, 0.3) is 0 Å². The van der Waals surface area contributed by atoms with Crippen LogP contribution in [0.1, 0.15) is 37.7 Å². The van der Waals surface area contributed by atoms with Crippen LogP contribution in [0, 0.1) is 0 Å². The zero-order valence-electron chi connectivity index (χ0n) is 11.4. The van der Waals surface area contributed by atoms with Crippen LogP contribution in [0.2, 0.25) is 0 Å². The first-order chi connectivity index (χ1) is 9.28. The van der Waals surface area contributed by atoms with E-state index in [4.69, 9.17) is 10.5 Å². The molecule has 0 spiro atoms. The lowest BCUT2D eigenvalue weighted by atomic mass is 9.96. The molecule has 1 heterocycles. The molecule has 1 saturated carbocycles. The molecule has 1 aliphatic rings. The SMILES string of the molecule is COc1ccc(CN=C(N)NC2CCCCC2)cn1. The number of nitrogens with one attached hydrogen (secondary N) is 1. The monoisotopic (exact) mass is 262 g/mol. The van der Waals surface area contributed by atoms with Gasteiger partial charge < -0.3 is 15.8 Å². The number of hydrogen-bond acceptors (Lipinski definition) is 3. The summed E-state index contributed by atoms with van der Waals surface area (Å²) < 4.78 is 5.01. The highest BCUT2D eigenvalue weighted by Gasteiger charge is 2.13. The van der Waals surface area contributed by atoms with Crippen LogP contribution in [-0.2, 0) is 6.54 Å². The van der Waals surface area contributed by atoms with Crippen molar-refractivity contribution in [2.75, 3.05) is 7.11 Å². The van der Waals surface area contributed by atoms with Gasteiger partial charge in [-0.3, -0.25) is 0 Å². The summed E-state index contributed by atoms with van der Waals surface area (Å²) in [5.74, 6) is 1.14. The molecule has 0 aliphatic heterocycles. The van der Waals surface area contributed by atoms with Crippen LogP contribution >= 0.6 is 0 Å². The number of nitrogens with two attached hydrogens (primary N) is 1. The largest absolute Gasteiger partial charge is 0.481 e. The molecule has 5 heteroatoms. The Labute approximate surface area is 114 Å². The van der Waals surface area contributed by atoms with E-state index >= 15 is 0 Å². The van der Waals surface area contributed by atoms with E-state index in [2.05, 4.69) is 15.3 Å². The van der Waals surface area contributed by atoms with E-state index in [1.54, 1.807) is 13.3 Å². The molecule has 2 rings (SSSR count). The van der Waals surface area contributed by atoms with Crippen molar-refractivity contribution in [1.82, 2.24) is 10.3 Å². The van der Waals surface area contributed by atoms with Crippen molar-refractivity contribution in [3.63, 3.8) is 0 Å². The molecule has 1 aliphatic carbocycles. The van der Waals surface area contributed by atoms with Crippen molar-refractivity contribution in [3.8, 4) is 5.88 Å². The van der Waals surface area contributed by atoms with Crippen molar-refractivity contribution < 1.29 is 4.74 Å². The zero-order valence-corrected chi connectivity index (χ0v) is 11.4. The van der Waals surface area contributed by atoms with E-state index in [1.165, 1.54) is 32.1 Å². The normalized spacial score (nSPS) is 17.2. The molecule has 0 amide bonds. The molecule has 0 aromatic carbocycles. The van der Waals surface area contributed by atoms with E-state index in [0.29, 0.717) is 24.4 Å². The zero-order chi connectivity index (χ0) is 13.5. The first-order valence-electron chi connectivity index (χ1n) is 6.83. The van der Waals surface area contributed by atoms with Gasteiger partial charge in [0.05, 0.1) is 13.7 Å². The smallest absolute Gasteiger partial charge is 0.212 e. The number of aromatic nitrogens is 1. The molecule has 1 fully saturated rings. The van der Waals surface area contributed by atoms with E-state index in [0.717, 1.165) is 5.56 Å². The number of aliphatic imine (C=N–C) groups is 1. The van der Waals surface area contributed by atoms with E-state index in [1.807, 2.05) is 12.1 Å². The minimum Gasteiger partial charge on any atom is -0.481 e. The number of guanidine groups is 1. The van der Waals surface area contributed by atoms with Crippen LogP contribution in [-0.4, -0.2) is 24.1 Å². The van der Waals surface area contributed by atoms with Crippen LogP contribution in [0.4, 0.5) is 0 Å². The summed E-state index contributed by atoms with van der Waals surface area (Å²) in [7, 11) is 1.60. The van der Waals surface area contributed by atoms with Crippen LogP contribution < -0.4 is 15.8 Å². The predicted molar refractivity (Wildman–Crippen MR) is 76.1 cm³/mol. The minimum absolute atomic E-state index is 0.492. The maximum atomic E-state index is 5.90. The topological polar surface area (TPSA) is 72.5 Å². The first-order valence-corrected chi connectivity index (χ1v) is 6.83. The molecule has 0 atom stereocenters. The fraction of sp³-hybridized carbons (Fsp3) is 0.571. The fourth-order valence-corrected chi connectivity index (χ4v) is 2.30. The highest BCUT2D eigenvalue weighted by Crippen LogP contribution is 2.17. The Morgan fingerprint density at radius 2 is 2.21 bits per heavy atom. The second-order valence-corrected chi connectivity index (χ2v) is 4.89. The van der Waals surface area contributed by atoms with Crippen molar-refractivity contribution >= 4 is 5.96 Å². The number of rotatable bonds is 4. The maximum absolute atomic E-state index is 5.90. The summed E-state index contributed by atoms with van der Waals surface area (Å²) in [4.78, 5) is 8.48. The Bertz CT molecular complexity index is 410. The summed E-state index contributed by atoms with van der Waals surface area (Å²) in [6.45, 7) is 0.544. The molecular formula is C14H22N4O. The lowest BCUT2D eigenvalue weighted by Crippen LogP contribution is -2.41. The van der Waals surface area contributed by atoms with Gasteiger partial charge in [0.1, 0.15) is 0 Å². The molecule has 1 aromatic heterocycles. The Morgan fingerprint density at radius 1 is 1.42 bits per heavy atom. The molecule has 0 bridgehead atoms. The standard InChI is InChI=1S/C14H22N4O/c1-19-13-8-7-11(9-16-13)10-17-14(15)18-12-5-3-2-4-6-12/h7-9,12H,2-6,10H2,1H3,(H3,15,17,18). The van der Waals surface area contributed by atoms with Gasteiger partial charge in [-0.2, -0.15) is 0 Å².